The van der Waals surface area contributed by atoms with E-state index in [1.54, 1.807) is 11.3 Å². The Kier molecular flexibility index (Phi) is 5.73. The second-order valence-corrected chi connectivity index (χ2v) is 3.84. The molecule has 1 heterocycles. The van der Waals surface area contributed by atoms with Crippen molar-refractivity contribution in [2.75, 3.05) is 6.61 Å². The number of aliphatic hydroxyl groups excluding tert-OH is 1. The Morgan fingerprint density at radius 3 is 2.29 bits per heavy atom. The van der Waals surface area contributed by atoms with E-state index < -0.39 is 5.09 Å². The summed E-state index contributed by atoms with van der Waals surface area (Å²) in [6.45, 7) is 4.32. The highest BCUT2D eigenvalue weighted by Gasteiger charge is 2.09. The van der Waals surface area contributed by atoms with Crippen molar-refractivity contribution in [3.63, 3.8) is 0 Å². The maximum Gasteiger partial charge on any atom is 0.232 e. The van der Waals surface area contributed by atoms with E-state index in [2.05, 4.69) is 4.98 Å². The van der Waals surface area contributed by atoms with Gasteiger partial charge in [0, 0.05) is 26.9 Å². The molecular weight excluding hydrogens is 208 g/mol. The number of hydrogen-bond donors (Lipinski definition) is 1. The van der Waals surface area contributed by atoms with Crippen molar-refractivity contribution in [1.82, 2.24) is 0 Å². The third kappa shape index (κ3) is 5.44. The predicted molar refractivity (Wildman–Crippen MR) is 51.5 cm³/mol. The molecule has 1 aromatic rings. The number of aromatic amines is 1. The Labute approximate surface area is 85.0 Å². The van der Waals surface area contributed by atoms with Crippen molar-refractivity contribution >= 4 is 11.3 Å². The molecule has 0 saturated heterocycles. The van der Waals surface area contributed by atoms with Gasteiger partial charge in [-0.2, -0.15) is 0 Å². The van der Waals surface area contributed by atoms with E-state index in [1.807, 2.05) is 13.8 Å². The smallest absolute Gasteiger partial charge is 0.232 e. The second kappa shape index (κ2) is 6.28. The molecule has 6 nitrogen and oxygen atoms in total. The van der Waals surface area contributed by atoms with Gasteiger partial charge in [-0.25, -0.2) is 4.98 Å². The van der Waals surface area contributed by atoms with E-state index >= 15 is 0 Å². The van der Waals surface area contributed by atoms with Gasteiger partial charge >= 0.3 is 0 Å². The molecule has 0 radical (unpaired) electrons. The molecule has 0 bridgehead atoms. The molecule has 0 saturated carbocycles. The number of thiazole rings is 1. The first-order chi connectivity index (χ1) is 6.47. The van der Waals surface area contributed by atoms with Crippen molar-refractivity contribution in [2.45, 2.75) is 20.3 Å². The molecule has 0 aliphatic carbocycles. The fourth-order valence-electron chi connectivity index (χ4n) is 0.961. The summed E-state index contributed by atoms with van der Waals surface area (Å²) >= 11 is 1.72. The van der Waals surface area contributed by atoms with Crippen LogP contribution in [0.25, 0.3) is 0 Å². The number of aryl methyl sites for hydroxylation is 2. The second-order valence-electron chi connectivity index (χ2n) is 2.53. The summed E-state index contributed by atoms with van der Waals surface area (Å²) in [4.78, 5) is 12.7. The van der Waals surface area contributed by atoms with Crippen LogP contribution < -0.4 is 4.98 Å². The zero-order valence-electron chi connectivity index (χ0n) is 7.94. The SMILES string of the molecule is Cc1[nH+]c(C)c(CCO)s1.O=[N+]([O-])[O-]. The highest BCUT2D eigenvalue weighted by atomic mass is 32.1. The van der Waals surface area contributed by atoms with Crippen LogP contribution in [0.15, 0.2) is 0 Å². The zero-order valence-corrected chi connectivity index (χ0v) is 8.76. The summed E-state index contributed by atoms with van der Waals surface area (Å²) in [6.07, 6.45) is 0.779. The van der Waals surface area contributed by atoms with E-state index in [1.165, 1.54) is 15.6 Å². The van der Waals surface area contributed by atoms with Crippen LogP contribution in [0.5, 0.6) is 0 Å². The fourth-order valence-corrected chi connectivity index (χ4v) is 1.93. The van der Waals surface area contributed by atoms with E-state index in [0.717, 1.165) is 6.42 Å². The van der Waals surface area contributed by atoms with E-state index in [-0.39, 0.29) is 6.61 Å². The first-order valence-electron chi connectivity index (χ1n) is 3.88. The minimum absolute atomic E-state index is 0.245. The van der Waals surface area contributed by atoms with Crippen LogP contribution in [0.1, 0.15) is 15.6 Å². The van der Waals surface area contributed by atoms with Crippen LogP contribution in [-0.2, 0) is 6.42 Å². The van der Waals surface area contributed by atoms with Crippen LogP contribution in [0, 0.1) is 29.2 Å². The fraction of sp³-hybridized carbons (Fsp3) is 0.571. The van der Waals surface area contributed by atoms with Crippen LogP contribution >= 0.6 is 11.3 Å². The Morgan fingerprint density at radius 2 is 2.00 bits per heavy atom. The highest BCUT2D eigenvalue weighted by molar-refractivity contribution is 7.11. The van der Waals surface area contributed by atoms with Crippen molar-refractivity contribution < 1.29 is 15.2 Å². The summed E-state index contributed by atoms with van der Waals surface area (Å²) in [6, 6.07) is 0. The van der Waals surface area contributed by atoms with Gasteiger partial charge in [-0.1, -0.05) is 11.3 Å². The molecule has 0 spiro atoms. The largest absolute Gasteiger partial charge is 0.396 e. The number of rotatable bonds is 2. The topological polar surface area (TPSA) is 101 Å². The quantitative estimate of drug-likeness (QED) is 0.578. The highest BCUT2D eigenvalue weighted by Crippen LogP contribution is 2.12. The van der Waals surface area contributed by atoms with E-state index in [0.29, 0.717) is 0 Å². The number of nitrogens with zero attached hydrogens (tertiary/aromatic N) is 1. The van der Waals surface area contributed by atoms with Gasteiger partial charge < -0.3 is 20.4 Å². The minimum atomic E-state index is -1.75. The van der Waals surface area contributed by atoms with Gasteiger partial charge in [0.15, 0.2) is 5.69 Å². The zero-order chi connectivity index (χ0) is 11.1. The van der Waals surface area contributed by atoms with Gasteiger partial charge in [-0.05, 0) is 0 Å². The molecule has 2 N–H and O–H groups in total. The van der Waals surface area contributed by atoms with Crippen LogP contribution in [0.4, 0.5) is 0 Å². The summed E-state index contributed by atoms with van der Waals surface area (Å²) < 4.78 is 0. The molecule has 14 heavy (non-hydrogen) atoms. The van der Waals surface area contributed by atoms with Crippen molar-refractivity contribution in [1.29, 1.82) is 0 Å². The molecule has 0 aromatic carbocycles. The average molecular weight is 220 g/mol. The van der Waals surface area contributed by atoms with Gasteiger partial charge in [0.2, 0.25) is 5.01 Å². The average Bonchev–Trinajstić information content (AvgIpc) is 2.30. The van der Waals surface area contributed by atoms with E-state index in [9.17, 15) is 0 Å². The predicted octanol–water partition coefficient (Wildman–Crippen LogP) is 0.475. The first kappa shape index (κ1) is 12.8. The molecule has 0 aliphatic heterocycles. The maximum atomic E-state index is 8.65. The Balaban J connectivity index is 0.000000364. The molecule has 0 amide bonds. The molecular formula is C7H12N2O4S. The molecule has 80 valence electrons. The van der Waals surface area contributed by atoms with Gasteiger partial charge in [0.1, 0.15) is 0 Å². The van der Waals surface area contributed by atoms with Crippen molar-refractivity contribution in [3.8, 4) is 0 Å². The summed E-state index contributed by atoms with van der Waals surface area (Å²) in [7, 11) is 0. The number of aromatic nitrogens is 1. The van der Waals surface area contributed by atoms with Crippen LogP contribution in [-0.4, -0.2) is 16.8 Å². The van der Waals surface area contributed by atoms with Crippen LogP contribution in [0.3, 0.4) is 0 Å². The molecule has 0 unspecified atom stereocenters. The van der Waals surface area contributed by atoms with Crippen LogP contribution in [0.2, 0.25) is 0 Å². The number of H-pyrrole nitrogens is 1. The molecule has 0 aliphatic rings. The first-order valence-corrected chi connectivity index (χ1v) is 4.69. The molecule has 1 rings (SSSR count). The lowest BCUT2D eigenvalue weighted by atomic mass is 10.3. The maximum absolute atomic E-state index is 8.65. The third-order valence-corrected chi connectivity index (χ3v) is 2.56. The number of nitrogens with one attached hydrogen (secondary N) is 1. The standard InChI is InChI=1S/C7H11NOS.NO3/c1-5-7(3-4-9)10-6(2)8-5;2-1(3)4/h9H,3-4H2,1-2H3;/q;-1/p+1. The monoisotopic (exact) mass is 220 g/mol. The number of aliphatic hydroxyl groups is 1. The third-order valence-electron chi connectivity index (χ3n) is 1.40. The lowest BCUT2D eigenvalue weighted by Gasteiger charge is -1.86. The van der Waals surface area contributed by atoms with Crippen molar-refractivity contribution in [2.24, 2.45) is 0 Å². The summed E-state index contributed by atoms with van der Waals surface area (Å²) in [5, 5.41) is 24.6. The van der Waals surface area contributed by atoms with Gasteiger partial charge in [0.25, 0.3) is 0 Å². The molecule has 0 fully saturated rings. The minimum Gasteiger partial charge on any atom is -0.396 e. The van der Waals surface area contributed by atoms with Crippen molar-refractivity contribution in [3.05, 3.63) is 30.9 Å². The lowest BCUT2D eigenvalue weighted by molar-refractivity contribution is -0.402. The summed E-state index contributed by atoms with van der Waals surface area (Å²) in [5.41, 5.74) is 1.19. The lowest BCUT2D eigenvalue weighted by Crippen LogP contribution is -2.05. The molecule has 0 atom stereocenters. The molecule has 7 heteroatoms. The van der Waals surface area contributed by atoms with Gasteiger partial charge in [0.05, 0.1) is 9.96 Å². The summed E-state index contributed by atoms with van der Waals surface area (Å²) in [5.74, 6) is 0. The van der Waals surface area contributed by atoms with Gasteiger partial charge in [-0.15, -0.1) is 0 Å². The molecule has 1 aromatic heterocycles. The Morgan fingerprint density at radius 1 is 1.50 bits per heavy atom. The Hall–Kier alpha value is -1.21. The van der Waals surface area contributed by atoms with Gasteiger partial charge in [-0.3, -0.25) is 0 Å². The van der Waals surface area contributed by atoms with E-state index in [4.69, 9.17) is 20.4 Å². The number of hydrogen-bond acceptors (Lipinski definition) is 5. The normalized spacial score (nSPS) is 9.07. The Bertz CT molecular complexity index is 296.